The highest BCUT2D eigenvalue weighted by Gasteiger charge is 2.28. The summed E-state index contributed by atoms with van der Waals surface area (Å²) in [7, 11) is 0. The Bertz CT molecular complexity index is 660. The van der Waals surface area contributed by atoms with Gasteiger partial charge >= 0.3 is 0 Å². The van der Waals surface area contributed by atoms with Gasteiger partial charge in [0.2, 0.25) is 0 Å². The summed E-state index contributed by atoms with van der Waals surface area (Å²) in [5, 5.41) is 3.60. The summed E-state index contributed by atoms with van der Waals surface area (Å²) in [6.07, 6.45) is 10.1. The summed E-state index contributed by atoms with van der Waals surface area (Å²) in [5.74, 6) is 0.706. The molecule has 2 aliphatic rings. The summed E-state index contributed by atoms with van der Waals surface area (Å²) in [5.41, 5.74) is 5.27. The molecule has 2 heterocycles. The average molecular weight is 276 g/mol. The fourth-order valence-electron chi connectivity index (χ4n) is 3.64. The first-order valence-electron chi connectivity index (χ1n) is 7.84. The van der Waals surface area contributed by atoms with Crippen LogP contribution in [0.3, 0.4) is 0 Å². The first-order valence-corrected chi connectivity index (χ1v) is 7.84. The van der Waals surface area contributed by atoms with Crippen LogP contribution in [-0.2, 0) is 0 Å². The molecule has 0 spiro atoms. The number of hydrogen-bond acceptors (Lipinski definition) is 2. The zero-order chi connectivity index (χ0) is 14.1. The topological polar surface area (TPSA) is 24.9 Å². The molecular formula is C19H20N2. The highest BCUT2D eigenvalue weighted by atomic mass is 14.9. The van der Waals surface area contributed by atoms with Crippen molar-refractivity contribution in [1.82, 2.24) is 10.3 Å². The lowest BCUT2D eigenvalue weighted by molar-refractivity contribution is 0.340. The number of rotatable bonds is 2. The van der Waals surface area contributed by atoms with Crippen LogP contribution in [-0.4, -0.2) is 17.6 Å². The Hall–Kier alpha value is -1.93. The Morgan fingerprint density at radius 1 is 1.00 bits per heavy atom. The quantitative estimate of drug-likeness (QED) is 0.899. The Morgan fingerprint density at radius 2 is 1.86 bits per heavy atom. The van der Waals surface area contributed by atoms with Crippen LogP contribution >= 0.6 is 0 Å². The summed E-state index contributed by atoms with van der Waals surface area (Å²) in [4.78, 5) is 4.49. The third-order valence-corrected chi connectivity index (χ3v) is 4.74. The van der Waals surface area contributed by atoms with Gasteiger partial charge in [0.05, 0.1) is 0 Å². The largest absolute Gasteiger partial charge is 0.314 e. The normalized spacial score (nSPS) is 24.5. The van der Waals surface area contributed by atoms with E-state index < -0.39 is 0 Å². The van der Waals surface area contributed by atoms with Crippen molar-refractivity contribution >= 4 is 5.57 Å². The molecule has 0 saturated carbocycles. The zero-order valence-corrected chi connectivity index (χ0v) is 12.1. The Labute approximate surface area is 125 Å². The molecule has 2 bridgehead atoms. The third-order valence-electron chi connectivity index (χ3n) is 4.74. The molecule has 2 aromatic rings. The van der Waals surface area contributed by atoms with E-state index in [-0.39, 0.29) is 0 Å². The van der Waals surface area contributed by atoms with E-state index in [4.69, 9.17) is 0 Å². The van der Waals surface area contributed by atoms with Crippen molar-refractivity contribution in [1.29, 1.82) is 0 Å². The van der Waals surface area contributed by atoms with Gasteiger partial charge in [-0.05, 0) is 54.5 Å². The van der Waals surface area contributed by atoms with E-state index in [9.17, 15) is 0 Å². The van der Waals surface area contributed by atoms with Crippen molar-refractivity contribution < 1.29 is 0 Å². The van der Waals surface area contributed by atoms with E-state index >= 15 is 0 Å². The molecule has 106 valence electrons. The number of fused-ring (bicyclic) bond motifs is 2. The van der Waals surface area contributed by atoms with Crippen molar-refractivity contribution in [3.63, 3.8) is 0 Å². The van der Waals surface area contributed by atoms with Crippen LogP contribution in [0.2, 0.25) is 0 Å². The third kappa shape index (κ3) is 2.52. The number of benzene rings is 1. The molecule has 1 saturated heterocycles. The number of allylic oxidation sites excluding steroid dienone is 1. The maximum Gasteiger partial charge on any atom is 0.0346 e. The molecule has 1 aromatic heterocycles. The highest BCUT2D eigenvalue weighted by molar-refractivity contribution is 5.73. The maximum absolute atomic E-state index is 4.49. The van der Waals surface area contributed by atoms with E-state index in [2.05, 4.69) is 52.8 Å². The number of pyridine rings is 1. The van der Waals surface area contributed by atoms with Gasteiger partial charge in [-0.15, -0.1) is 0 Å². The van der Waals surface area contributed by atoms with E-state index in [0.29, 0.717) is 12.0 Å². The predicted molar refractivity (Wildman–Crippen MR) is 86.8 cm³/mol. The van der Waals surface area contributed by atoms with Crippen LogP contribution in [0.5, 0.6) is 0 Å². The molecule has 1 aliphatic heterocycles. The minimum Gasteiger partial charge on any atom is -0.314 e. The molecular weight excluding hydrogens is 256 g/mol. The summed E-state index contributed by atoms with van der Waals surface area (Å²) < 4.78 is 0. The van der Waals surface area contributed by atoms with Crippen molar-refractivity contribution in [3.05, 3.63) is 60.4 Å². The average Bonchev–Trinajstić information content (AvgIpc) is 2.56. The molecule has 2 heteroatoms. The van der Waals surface area contributed by atoms with E-state index in [1.54, 1.807) is 0 Å². The molecule has 1 fully saturated rings. The lowest BCUT2D eigenvalue weighted by atomic mass is 9.77. The van der Waals surface area contributed by atoms with Crippen LogP contribution in [0.25, 0.3) is 16.7 Å². The van der Waals surface area contributed by atoms with Gasteiger partial charge in [0.1, 0.15) is 0 Å². The first kappa shape index (κ1) is 12.8. The second-order valence-electron chi connectivity index (χ2n) is 6.10. The molecule has 1 aromatic carbocycles. The maximum atomic E-state index is 4.49. The molecule has 2 unspecified atom stereocenters. The van der Waals surface area contributed by atoms with E-state index in [1.165, 1.54) is 35.1 Å². The molecule has 1 N–H and O–H groups in total. The fourth-order valence-corrected chi connectivity index (χ4v) is 3.64. The highest BCUT2D eigenvalue weighted by Crippen LogP contribution is 2.37. The van der Waals surface area contributed by atoms with Gasteiger partial charge in [-0.1, -0.05) is 36.4 Å². The van der Waals surface area contributed by atoms with Gasteiger partial charge in [-0.3, -0.25) is 4.98 Å². The van der Waals surface area contributed by atoms with Gasteiger partial charge in [0.15, 0.2) is 0 Å². The summed E-state index contributed by atoms with van der Waals surface area (Å²) in [6.45, 7) is 1.15. The Balaban J connectivity index is 1.70. The molecule has 4 rings (SSSR count). The molecule has 21 heavy (non-hydrogen) atoms. The molecule has 2 atom stereocenters. The van der Waals surface area contributed by atoms with Gasteiger partial charge in [0, 0.05) is 24.0 Å². The standard InChI is InChI=1S/C19H20N2/c1-2-4-14(5-3-1)16-10-17(13-20-12-16)19-7-6-18-11-15(19)8-9-21-18/h1-5,7,10,12-13,15,18,21H,6,8-9,11H2. The fraction of sp³-hybridized carbons (Fsp3) is 0.316. The Kier molecular flexibility index (Phi) is 3.32. The lowest BCUT2D eigenvalue weighted by Gasteiger charge is -2.35. The molecule has 2 nitrogen and oxygen atoms in total. The smallest absolute Gasteiger partial charge is 0.0346 e. The monoisotopic (exact) mass is 276 g/mol. The lowest BCUT2D eigenvalue weighted by Crippen LogP contribution is -2.40. The van der Waals surface area contributed by atoms with Crippen LogP contribution in [0.1, 0.15) is 24.8 Å². The van der Waals surface area contributed by atoms with Crippen LogP contribution in [0, 0.1) is 5.92 Å². The van der Waals surface area contributed by atoms with Gasteiger partial charge in [0.25, 0.3) is 0 Å². The van der Waals surface area contributed by atoms with Gasteiger partial charge in [-0.2, -0.15) is 0 Å². The first-order chi connectivity index (χ1) is 10.4. The number of aromatic nitrogens is 1. The van der Waals surface area contributed by atoms with Gasteiger partial charge < -0.3 is 5.32 Å². The van der Waals surface area contributed by atoms with Crippen molar-refractivity contribution in [2.24, 2.45) is 5.92 Å². The molecule has 0 amide bonds. The minimum atomic E-state index is 0.692. The summed E-state index contributed by atoms with van der Waals surface area (Å²) in [6, 6.07) is 13.5. The van der Waals surface area contributed by atoms with Crippen molar-refractivity contribution in [3.8, 4) is 11.1 Å². The van der Waals surface area contributed by atoms with E-state index in [0.717, 1.165) is 13.0 Å². The number of nitrogens with one attached hydrogen (secondary N) is 1. The van der Waals surface area contributed by atoms with Crippen LogP contribution < -0.4 is 5.32 Å². The second-order valence-corrected chi connectivity index (χ2v) is 6.10. The SMILES string of the molecule is C1=C(c2cncc(-c3ccccc3)c2)C2CCNC(C1)C2. The van der Waals surface area contributed by atoms with Crippen LogP contribution in [0.4, 0.5) is 0 Å². The number of nitrogens with zero attached hydrogens (tertiary/aromatic N) is 1. The van der Waals surface area contributed by atoms with Crippen molar-refractivity contribution in [2.45, 2.75) is 25.3 Å². The minimum absolute atomic E-state index is 0.692. The van der Waals surface area contributed by atoms with E-state index in [1.807, 2.05) is 12.4 Å². The summed E-state index contributed by atoms with van der Waals surface area (Å²) >= 11 is 0. The van der Waals surface area contributed by atoms with Crippen molar-refractivity contribution in [2.75, 3.05) is 6.54 Å². The van der Waals surface area contributed by atoms with Gasteiger partial charge in [-0.25, -0.2) is 0 Å². The predicted octanol–water partition coefficient (Wildman–Crippen LogP) is 3.90. The second kappa shape index (κ2) is 5.45. The number of piperidine rings is 1. The number of hydrogen-bond donors (Lipinski definition) is 1. The Morgan fingerprint density at radius 3 is 2.76 bits per heavy atom. The molecule has 1 aliphatic carbocycles. The molecule has 0 radical (unpaired) electrons. The zero-order valence-electron chi connectivity index (χ0n) is 12.1. The van der Waals surface area contributed by atoms with Crippen LogP contribution in [0.15, 0.2) is 54.9 Å².